The molecule has 18 heavy (non-hydrogen) atoms. The number of nitrogens with zero attached hydrogens (tertiary/aromatic N) is 1. The van der Waals surface area contributed by atoms with Crippen molar-refractivity contribution in [1.29, 1.82) is 0 Å². The molecule has 1 rings (SSSR count). The highest BCUT2D eigenvalue weighted by molar-refractivity contribution is 7.99. The van der Waals surface area contributed by atoms with Crippen LogP contribution >= 0.6 is 11.8 Å². The molecule has 0 aromatic heterocycles. The molecule has 0 saturated heterocycles. The van der Waals surface area contributed by atoms with Crippen molar-refractivity contribution in [3.63, 3.8) is 0 Å². The first kappa shape index (κ1) is 15.5. The van der Waals surface area contributed by atoms with Crippen LogP contribution in [0.1, 0.15) is 24.8 Å². The highest BCUT2D eigenvalue weighted by Crippen LogP contribution is 2.20. The Bertz CT molecular complexity index is 311. The van der Waals surface area contributed by atoms with Gasteiger partial charge in [-0.1, -0.05) is 12.1 Å². The van der Waals surface area contributed by atoms with Gasteiger partial charge in [-0.2, -0.15) is 0 Å². The van der Waals surface area contributed by atoms with E-state index in [1.54, 1.807) is 0 Å². The summed E-state index contributed by atoms with van der Waals surface area (Å²) in [4.78, 5) is 3.56. The number of aliphatic hydroxyl groups excluding tert-OH is 1. The molecule has 0 unspecified atom stereocenters. The summed E-state index contributed by atoms with van der Waals surface area (Å²) in [5.41, 5.74) is 1.43. The van der Waals surface area contributed by atoms with Gasteiger partial charge in [-0.05, 0) is 69.8 Å². The van der Waals surface area contributed by atoms with Crippen molar-refractivity contribution in [2.75, 3.05) is 33.0 Å². The van der Waals surface area contributed by atoms with Gasteiger partial charge in [0.2, 0.25) is 0 Å². The summed E-state index contributed by atoms with van der Waals surface area (Å²) >= 11 is 1.88. The maximum atomic E-state index is 8.71. The van der Waals surface area contributed by atoms with Gasteiger partial charge in [-0.3, -0.25) is 0 Å². The highest BCUT2D eigenvalue weighted by Gasteiger charge is 1.97. The molecule has 0 spiro atoms. The molecule has 0 aliphatic carbocycles. The van der Waals surface area contributed by atoms with E-state index in [0.29, 0.717) is 6.61 Å². The second-order valence-electron chi connectivity index (χ2n) is 4.83. The van der Waals surface area contributed by atoms with Gasteiger partial charge in [0.25, 0.3) is 0 Å². The van der Waals surface area contributed by atoms with Gasteiger partial charge in [0.1, 0.15) is 0 Å². The van der Waals surface area contributed by atoms with Gasteiger partial charge in [-0.25, -0.2) is 0 Å². The second kappa shape index (κ2) is 9.42. The van der Waals surface area contributed by atoms with Gasteiger partial charge in [0, 0.05) is 11.5 Å². The van der Waals surface area contributed by atoms with Gasteiger partial charge in [0.15, 0.2) is 0 Å². The molecule has 1 aromatic carbocycles. The minimum absolute atomic E-state index is 0.311. The largest absolute Gasteiger partial charge is 0.396 e. The zero-order valence-corrected chi connectivity index (χ0v) is 12.4. The summed E-state index contributed by atoms with van der Waals surface area (Å²) in [5.74, 6) is 1.10. The van der Waals surface area contributed by atoms with Crippen molar-refractivity contribution in [1.82, 2.24) is 4.90 Å². The molecule has 0 fully saturated rings. The average molecular weight is 267 g/mol. The summed E-state index contributed by atoms with van der Waals surface area (Å²) in [6.45, 7) is 1.46. The fourth-order valence-corrected chi connectivity index (χ4v) is 2.67. The minimum Gasteiger partial charge on any atom is -0.396 e. The molecule has 2 nitrogen and oxygen atoms in total. The third kappa shape index (κ3) is 7.04. The third-order valence-corrected chi connectivity index (χ3v) is 3.91. The van der Waals surface area contributed by atoms with E-state index in [9.17, 15) is 0 Å². The maximum Gasteiger partial charge on any atom is 0.0431 e. The van der Waals surface area contributed by atoms with E-state index < -0.39 is 0 Å². The van der Waals surface area contributed by atoms with Crippen molar-refractivity contribution in [2.24, 2.45) is 0 Å². The molecule has 0 amide bonds. The van der Waals surface area contributed by atoms with E-state index in [0.717, 1.165) is 31.6 Å². The monoisotopic (exact) mass is 267 g/mol. The number of thioether (sulfide) groups is 1. The van der Waals surface area contributed by atoms with Crippen LogP contribution < -0.4 is 0 Å². The first-order valence-corrected chi connectivity index (χ1v) is 7.68. The number of aryl methyl sites for hydroxylation is 1. The molecule has 0 aliphatic heterocycles. The zero-order chi connectivity index (χ0) is 13.2. The number of benzene rings is 1. The lowest BCUT2D eigenvalue weighted by atomic mass is 10.1. The Hall–Kier alpha value is -0.510. The highest BCUT2D eigenvalue weighted by atomic mass is 32.2. The van der Waals surface area contributed by atoms with Crippen molar-refractivity contribution in [3.8, 4) is 0 Å². The summed E-state index contributed by atoms with van der Waals surface area (Å²) in [5, 5.41) is 8.71. The Kier molecular flexibility index (Phi) is 8.14. The molecule has 0 radical (unpaired) electrons. The Balaban J connectivity index is 2.24. The minimum atomic E-state index is 0.311. The van der Waals surface area contributed by atoms with E-state index >= 15 is 0 Å². The number of rotatable bonds is 9. The van der Waals surface area contributed by atoms with Crippen LogP contribution in [0.25, 0.3) is 0 Å². The van der Waals surface area contributed by atoms with Crippen LogP contribution in [0.15, 0.2) is 29.2 Å². The molecular formula is C15H25NOS. The SMILES string of the molecule is CN(C)CCCc1ccc(SCCCCO)cc1. The maximum absolute atomic E-state index is 8.71. The van der Waals surface area contributed by atoms with E-state index in [1.165, 1.54) is 16.9 Å². The summed E-state index contributed by atoms with van der Waals surface area (Å²) < 4.78 is 0. The predicted octanol–water partition coefficient (Wildman–Crippen LogP) is 3.05. The lowest BCUT2D eigenvalue weighted by Gasteiger charge is -2.09. The topological polar surface area (TPSA) is 23.5 Å². The van der Waals surface area contributed by atoms with E-state index in [2.05, 4.69) is 43.3 Å². The van der Waals surface area contributed by atoms with Crippen molar-refractivity contribution >= 4 is 11.8 Å². The molecule has 102 valence electrons. The van der Waals surface area contributed by atoms with E-state index in [-0.39, 0.29) is 0 Å². The average Bonchev–Trinajstić information content (AvgIpc) is 2.36. The van der Waals surface area contributed by atoms with Crippen molar-refractivity contribution < 1.29 is 5.11 Å². The number of hydrogen-bond donors (Lipinski definition) is 1. The van der Waals surface area contributed by atoms with Crippen LogP contribution in [-0.2, 0) is 6.42 Å². The molecular weight excluding hydrogens is 242 g/mol. The summed E-state index contributed by atoms with van der Waals surface area (Å²) in [7, 11) is 4.23. The smallest absolute Gasteiger partial charge is 0.0431 e. The number of hydrogen-bond acceptors (Lipinski definition) is 3. The standard InChI is InChI=1S/C15H25NOS/c1-16(2)11-5-6-14-7-9-15(10-8-14)18-13-4-3-12-17/h7-10,17H,3-6,11-13H2,1-2H3. The van der Waals surface area contributed by atoms with Crippen LogP contribution in [-0.4, -0.2) is 43.0 Å². The van der Waals surface area contributed by atoms with Crippen LogP contribution in [0.4, 0.5) is 0 Å². The Morgan fingerprint density at radius 3 is 2.39 bits per heavy atom. The fourth-order valence-electron chi connectivity index (χ4n) is 1.76. The molecule has 0 aliphatic rings. The molecule has 0 bridgehead atoms. The molecule has 0 saturated carbocycles. The molecule has 1 N–H and O–H groups in total. The van der Waals surface area contributed by atoms with E-state index in [4.69, 9.17) is 5.11 Å². The summed E-state index contributed by atoms with van der Waals surface area (Å²) in [6.07, 6.45) is 4.38. The number of unbranched alkanes of at least 4 members (excludes halogenated alkanes) is 1. The van der Waals surface area contributed by atoms with Crippen LogP contribution in [0.5, 0.6) is 0 Å². The lowest BCUT2D eigenvalue weighted by molar-refractivity contribution is 0.287. The van der Waals surface area contributed by atoms with Crippen molar-refractivity contribution in [2.45, 2.75) is 30.6 Å². The predicted molar refractivity (Wildman–Crippen MR) is 80.4 cm³/mol. The van der Waals surface area contributed by atoms with Gasteiger partial charge >= 0.3 is 0 Å². The van der Waals surface area contributed by atoms with Crippen molar-refractivity contribution in [3.05, 3.63) is 29.8 Å². The third-order valence-electron chi connectivity index (χ3n) is 2.82. The first-order valence-electron chi connectivity index (χ1n) is 6.69. The Morgan fingerprint density at radius 2 is 1.78 bits per heavy atom. The van der Waals surface area contributed by atoms with Crippen LogP contribution in [0.2, 0.25) is 0 Å². The Morgan fingerprint density at radius 1 is 1.06 bits per heavy atom. The van der Waals surface area contributed by atoms with Gasteiger partial charge < -0.3 is 10.0 Å². The first-order chi connectivity index (χ1) is 8.72. The Labute approximate surface area is 115 Å². The molecule has 1 aromatic rings. The van der Waals surface area contributed by atoms with Gasteiger partial charge in [0.05, 0.1) is 0 Å². The quantitative estimate of drug-likeness (QED) is 0.549. The van der Waals surface area contributed by atoms with Crippen LogP contribution in [0, 0.1) is 0 Å². The molecule has 3 heteroatoms. The van der Waals surface area contributed by atoms with Crippen LogP contribution in [0.3, 0.4) is 0 Å². The fraction of sp³-hybridized carbons (Fsp3) is 0.600. The van der Waals surface area contributed by atoms with Gasteiger partial charge in [-0.15, -0.1) is 11.8 Å². The zero-order valence-electron chi connectivity index (χ0n) is 11.6. The second-order valence-corrected chi connectivity index (χ2v) is 6.00. The molecule has 0 atom stereocenters. The summed E-state index contributed by atoms with van der Waals surface area (Å²) in [6, 6.07) is 8.91. The van der Waals surface area contributed by atoms with E-state index in [1.807, 2.05) is 11.8 Å². The lowest BCUT2D eigenvalue weighted by Crippen LogP contribution is -2.13. The molecule has 0 heterocycles. The normalized spacial score (nSPS) is 11.1. The number of aliphatic hydroxyl groups is 1.